The first-order chi connectivity index (χ1) is 10.8. The fourth-order valence-electron chi connectivity index (χ4n) is 3.14. The van der Waals surface area contributed by atoms with Gasteiger partial charge < -0.3 is 9.84 Å². The Morgan fingerprint density at radius 2 is 1.73 bits per heavy atom. The molecule has 0 amide bonds. The van der Waals surface area contributed by atoms with Crippen LogP contribution < -0.4 is 4.74 Å². The number of ether oxygens (including phenoxy) is 1. The van der Waals surface area contributed by atoms with Crippen LogP contribution >= 0.6 is 0 Å². The van der Waals surface area contributed by atoms with Crippen molar-refractivity contribution in [3.63, 3.8) is 0 Å². The fraction of sp³-hybridized carbons (Fsp3) is 0.368. The van der Waals surface area contributed by atoms with Gasteiger partial charge in [0.05, 0.1) is 6.61 Å². The third-order valence-electron chi connectivity index (χ3n) is 4.30. The molecule has 1 aliphatic heterocycles. The summed E-state index contributed by atoms with van der Waals surface area (Å²) in [5.74, 6) is 0.452. The molecule has 0 fully saturated rings. The van der Waals surface area contributed by atoms with Gasteiger partial charge in [0.25, 0.3) is 0 Å². The Morgan fingerprint density at radius 3 is 2.55 bits per heavy atom. The first-order valence-corrected chi connectivity index (χ1v) is 7.96. The highest BCUT2D eigenvalue weighted by molar-refractivity contribution is 5.44. The van der Waals surface area contributed by atoms with Gasteiger partial charge in [0, 0.05) is 11.5 Å². The minimum Gasteiger partial charge on any atom is -0.508 e. The number of fused-ring (bicyclic) bond motifs is 1. The van der Waals surface area contributed by atoms with Crippen molar-refractivity contribution in [3.05, 3.63) is 59.4 Å². The molecule has 2 nitrogen and oxygen atoms in total. The molecule has 0 saturated carbocycles. The van der Waals surface area contributed by atoms with E-state index in [1.54, 1.807) is 18.2 Å². The average Bonchev–Trinajstić information content (AvgIpc) is 2.53. The summed E-state index contributed by atoms with van der Waals surface area (Å²) in [6.45, 7) is 0.566. The van der Waals surface area contributed by atoms with Crippen molar-refractivity contribution in [1.29, 1.82) is 0 Å². The molecule has 1 aliphatic rings. The molecular formula is C19H21FO2. The van der Waals surface area contributed by atoms with Gasteiger partial charge in [-0.05, 0) is 36.6 Å². The Hall–Kier alpha value is -2.03. The maximum Gasteiger partial charge on any atom is 0.165 e. The zero-order chi connectivity index (χ0) is 15.4. The molecule has 0 saturated heterocycles. The molecule has 0 aromatic heterocycles. The SMILES string of the molecule is Oc1ccc(C2CCCCCCOc3c(F)cccc32)cc1. The van der Waals surface area contributed by atoms with Crippen LogP contribution in [0, 0.1) is 5.82 Å². The van der Waals surface area contributed by atoms with E-state index in [-0.39, 0.29) is 17.5 Å². The Morgan fingerprint density at radius 1 is 0.955 bits per heavy atom. The lowest BCUT2D eigenvalue weighted by Gasteiger charge is -2.23. The van der Waals surface area contributed by atoms with Crippen LogP contribution in [-0.4, -0.2) is 11.7 Å². The summed E-state index contributed by atoms with van der Waals surface area (Å²) in [5.41, 5.74) is 2.00. The molecule has 2 aromatic rings. The topological polar surface area (TPSA) is 29.5 Å². The van der Waals surface area contributed by atoms with Crippen molar-refractivity contribution < 1.29 is 14.2 Å². The molecule has 1 N–H and O–H groups in total. The van der Waals surface area contributed by atoms with E-state index in [9.17, 15) is 9.50 Å². The summed E-state index contributed by atoms with van der Waals surface area (Å²) >= 11 is 0. The number of halogens is 1. The van der Waals surface area contributed by atoms with Gasteiger partial charge in [-0.15, -0.1) is 0 Å². The molecule has 0 radical (unpaired) electrons. The average molecular weight is 300 g/mol. The monoisotopic (exact) mass is 300 g/mol. The number of aromatic hydroxyl groups is 1. The van der Waals surface area contributed by atoms with E-state index in [2.05, 4.69) is 0 Å². The van der Waals surface area contributed by atoms with Crippen molar-refractivity contribution in [2.75, 3.05) is 6.61 Å². The highest BCUT2D eigenvalue weighted by Gasteiger charge is 2.21. The normalized spacial score (nSPS) is 19.0. The second-order valence-corrected chi connectivity index (χ2v) is 5.85. The first-order valence-electron chi connectivity index (χ1n) is 7.96. The van der Waals surface area contributed by atoms with Crippen molar-refractivity contribution in [2.24, 2.45) is 0 Å². The van der Waals surface area contributed by atoms with Crippen molar-refractivity contribution in [2.45, 2.75) is 38.0 Å². The minimum absolute atomic E-state index is 0.101. The maximum atomic E-state index is 14.2. The van der Waals surface area contributed by atoms with Gasteiger partial charge in [0.15, 0.2) is 11.6 Å². The van der Waals surface area contributed by atoms with Crippen LogP contribution in [0.1, 0.15) is 49.1 Å². The van der Waals surface area contributed by atoms with Crippen LogP contribution in [0.2, 0.25) is 0 Å². The lowest BCUT2D eigenvalue weighted by atomic mass is 9.85. The predicted molar refractivity (Wildman–Crippen MR) is 84.9 cm³/mol. The van der Waals surface area contributed by atoms with Gasteiger partial charge in [0.2, 0.25) is 0 Å². The van der Waals surface area contributed by atoms with E-state index in [1.807, 2.05) is 18.2 Å². The molecule has 0 bridgehead atoms. The summed E-state index contributed by atoms with van der Waals surface area (Å²) in [4.78, 5) is 0. The molecule has 3 rings (SSSR count). The molecule has 2 aromatic carbocycles. The predicted octanol–water partition coefficient (Wildman–Crippen LogP) is 5.01. The third kappa shape index (κ3) is 3.24. The Labute approximate surface area is 130 Å². The molecule has 116 valence electrons. The van der Waals surface area contributed by atoms with Gasteiger partial charge in [-0.25, -0.2) is 4.39 Å². The quantitative estimate of drug-likeness (QED) is 0.802. The summed E-state index contributed by atoms with van der Waals surface area (Å²) in [6, 6.07) is 12.4. The van der Waals surface area contributed by atoms with Crippen molar-refractivity contribution in [3.8, 4) is 11.5 Å². The van der Waals surface area contributed by atoms with Gasteiger partial charge in [0.1, 0.15) is 5.75 Å². The molecule has 3 heteroatoms. The third-order valence-corrected chi connectivity index (χ3v) is 4.30. The number of phenolic OH excluding ortho intramolecular Hbond substituents is 1. The van der Waals surface area contributed by atoms with E-state index in [0.29, 0.717) is 12.4 Å². The van der Waals surface area contributed by atoms with E-state index in [0.717, 1.165) is 36.8 Å². The van der Waals surface area contributed by atoms with E-state index >= 15 is 0 Å². The zero-order valence-electron chi connectivity index (χ0n) is 12.6. The van der Waals surface area contributed by atoms with Crippen molar-refractivity contribution >= 4 is 0 Å². The maximum absolute atomic E-state index is 14.2. The second kappa shape index (κ2) is 6.82. The highest BCUT2D eigenvalue weighted by Crippen LogP contribution is 2.38. The fourth-order valence-corrected chi connectivity index (χ4v) is 3.14. The van der Waals surface area contributed by atoms with E-state index < -0.39 is 0 Å². The first kappa shape index (κ1) is 14.9. The molecule has 1 atom stereocenters. The van der Waals surface area contributed by atoms with Gasteiger partial charge in [-0.2, -0.15) is 0 Å². The van der Waals surface area contributed by atoms with E-state index in [4.69, 9.17) is 4.74 Å². The summed E-state index contributed by atoms with van der Waals surface area (Å²) in [6.07, 6.45) is 5.33. The molecule has 1 heterocycles. The number of hydrogen-bond donors (Lipinski definition) is 1. The van der Waals surface area contributed by atoms with Gasteiger partial charge >= 0.3 is 0 Å². The minimum atomic E-state index is -0.290. The Balaban J connectivity index is 2.03. The van der Waals surface area contributed by atoms with Crippen LogP contribution in [0.3, 0.4) is 0 Å². The van der Waals surface area contributed by atoms with Crippen LogP contribution in [0.15, 0.2) is 42.5 Å². The highest BCUT2D eigenvalue weighted by atomic mass is 19.1. The summed E-state index contributed by atoms with van der Waals surface area (Å²) in [7, 11) is 0. The van der Waals surface area contributed by atoms with Crippen LogP contribution in [-0.2, 0) is 0 Å². The Bertz CT molecular complexity index is 622. The number of phenols is 1. The van der Waals surface area contributed by atoms with E-state index in [1.165, 1.54) is 12.5 Å². The standard InChI is InChI=1S/C19H21FO2/c20-18-8-5-7-17-16(14-9-11-15(21)12-10-14)6-3-1-2-4-13-22-19(17)18/h5,7-12,16,21H,1-4,6,13H2. The number of rotatable bonds is 1. The molecule has 22 heavy (non-hydrogen) atoms. The number of hydrogen-bond acceptors (Lipinski definition) is 2. The lowest BCUT2D eigenvalue weighted by molar-refractivity contribution is 0.281. The Kier molecular flexibility index (Phi) is 4.62. The molecule has 0 aliphatic carbocycles. The number of benzene rings is 2. The zero-order valence-corrected chi connectivity index (χ0v) is 12.6. The van der Waals surface area contributed by atoms with Crippen LogP contribution in [0.4, 0.5) is 4.39 Å². The van der Waals surface area contributed by atoms with Crippen LogP contribution in [0.5, 0.6) is 11.5 Å². The van der Waals surface area contributed by atoms with Crippen LogP contribution in [0.25, 0.3) is 0 Å². The summed E-state index contributed by atoms with van der Waals surface area (Å²) in [5, 5.41) is 9.49. The number of para-hydroxylation sites is 1. The van der Waals surface area contributed by atoms with Gasteiger partial charge in [-0.3, -0.25) is 0 Å². The summed E-state index contributed by atoms with van der Waals surface area (Å²) < 4.78 is 20.0. The molecule has 0 spiro atoms. The largest absolute Gasteiger partial charge is 0.508 e. The lowest BCUT2D eigenvalue weighted by Crippen LogP contribution is -2.09. The van der Waals surface area contributed by atoms with Crippen molar-refractivity contribution in [1.82, 2.24) is 0 Å². The molecule has 1 unspecified atom stereocenters. The second-order valence-electron chi connectivity index (χ2n) is 5.85. The smallest absolute Gasteiger partial charge is 0.165 e. The van der Waals surface area contributed by atoms with Gasteiger partial charge in [-0.1, -0.05) is 43.5 Å². The molecular weight excluding hydrogens is 279 g/mol.